The van der Waals surface area contributed by atoms with E-state index in [0.717, 1.165) is 5.56 Å². The summed E-state index contributed by atoms with van der Waals surface area (Å²) in [7, 11) is 0. The minimum absolute atomic E-state index is 0.0357. The minimum atomic E-state index is -1.13. The van der Waals surface area contributed by atoms with Crippen LogP contribution in [0, 0.1) is 5.92 Å². The Morgan fingerprint density at radius 2 is 1.97 bits per heavy atom. The van der Waals surface area contributed by atoms with E-state index in [1.807, 2.05) is 29.0 Å². The highest BCUT2D eigenvalue weighted by atomic mass is 35.5. The third-order valence-corrected chi connectivity index (χ3v) is 7.66. The molecule has 0 spiro atoms. The first-order valence-electron chi connectivity index (χ1n) is 10.4. The van der Waals surface area contributed by atoms with Gasteiger partial charge in [-0.3, -0.25) is 13.9 Å². The molecular weight excluding hydrogens is 464 g/mol. The molecule has 0 bridgehead atoms. The molecule has 1 saturated carbocycles. The smallest absolute Gasteiger partial charge is 0.248 e. The number of thiol groups is 1. The molecule has 5 nitrogen and oxygen atoms in total. The highest BCUT2D eigenvalue weighted by Crippen LogP contribution is 2.48. The number of carbonyl (C=O) groups is 2. The summed E-state index contributed by atoms with van der Waals surface area (Å²) in [5, 5.41) is 4.23. The fourth-order valence-corrected chi connectivity index (χ4v) is 5.55. The Bertz CT molecular complexity index is 1170. The van der Waals surface area contributed by atoms with Crippen LogP contribution in [0.15, 0.2) is 59.3 Å². The number of piperidine rings is 1. The molecular formula is C24H21ClN2O3S2. The SMILES string of the molecule is O=C1CC(c2ccsc2)(c2cccc(OCC3CC3)n2)N(S)C(=O)C1c1ccccc1Cl. The summed E-state index contributed by atoms with van der Waals surface area (Å²) in [6.45, 7) is 0.624. The molecule has 2 unspecified atom stereocenters. The third kappa shape index (κ3) is 3.72. The molecule has 3 aromatic rings. The van der Waals surface area contributed by atoms with Gasteiger partial charge in [0.2, 0.25) is 11.8 Å². The van der Waals surface area contributed by atoms with Gasteiger partial charge in [0.1, 0.15) is 11.5 Å². The third-order valence-electron chi connectivity index (χ3n) is 6.10. The predicted octanol–water partition coefficient (Wildman–Crippen LogP) is 5.26. The van der Waals surface area contributed by atoms with E-state index in [-0.39, 0.29) is 12.2 Å². The molecule has 8 heteroatoms. The first kappa shape index (κ1) is 21.5. The zero-order valence-corrected chi connectivity index (χ0v) is 19.6. The molecule has 1 saturated heterocycles. The van der Waals surface area contributed by atoms with Crippen molar-refractivity contribution in [3.63, 3.8) is 0 Å². The Morgan fingerprint density at radius 3 is 2.69 bits per heavy atom. The molecule has 1 aliphatic heterocycles. The Hall–Kier alpha value is -2.35. The van der Waals surface area contributed by atoms with Crippen LogP contribution in [0.2, 0.25) is 5.02 Å². The molecule has 0 radical (unpaired) electrons. The van der Waals surface area contributed by atoms with Crippen molar-refractivity contribution in [3.8, 4) is 5.88 Å². The molecule has 3 heterocycles. The predicted molar refractivity (Wildman–Crippen MR) is 127 cm³/mol. The topological polar surface area (TPSA) is 59.5 Å². The lowest BCUT2D eigenvalue weighted by Gasteiger charge is -2.45. The summed E-state index contributed by atoms with van der Waals surface area (Å²) in [4.78, 5) is 31.8. The maximum Gasteiger partial charge on any atom is 0.248 e. The number of ketones is 1. The number of Topliss-reactive ketones (excluding diaryl/α,β-unsaturated/α-hetero) is 1. The molecule has 2 atom stereocenters. The van der Waals surface area contributed by atoms with E-state index < -0.39 is 17.4 Å². The molecule has 32 heavy (non-hydrogen) atoms. The maximum atomic E-state index is 13.6. The molecule has 0 N–H and O–H groups in total. The summed E-state index contributed by atoms with van der Waals surface area (Å²) < 4.78 is 7.24. The molecule has 2 fully saturated rings. The van der Waals surface area contributed by atoms with Crippen LogP contribution in [0.1, 0.15) is 42.0 Å². The number of nitrogens with zero attached hydrogens (tertiary/aromatic N) is 2. The summed E-state index contributed by atoms with van der Waals surface area (Å²) in [5.41, 5.74) is 0.715. The second kappa shape index (κ2) is 8.54. The largest absolute Gasteiger partial charge is 0.477 e. The van der Waals surface area contributed by atoms with Gasteiger partial charge in [-0.1, -0.05) is 48.7 Å². The molecule has 164 valence electrons. The molecule has 2 aromatic heterocycles. The lowest BCUT2D eigenvalue weighted by Crippen LogP contribution is -2.54. The Labute approximate surface area is 200 Å². The van der Waals surface area contributed by atoms with Gasteiger partial charge < -0.3 is 4.74 Å². The maximum absolute atomic E-state index is 13.6. The van der Waals surface area contributed by atoms with Gasteiger partial charge in [-0.2, -0.15) is 11.3 Å². The fraction of sp³-hybridized carbons (Fsp3) is 0.292. The van der Waals surface area contributed by atoms with Crippen molar-refractivity contribution in [3.05, 3.63) is 81.1 Å². The first-order chi connectivity index (χ1) is 15.5. The van der Waals surface area contributed by atoms with Crippen LogP contribution in [0.25, 0.3) is 0 Å². The van der Waals surface area contributed by atoms with E-state index in [9.17, 15) is 9.59 Å². The van der Waals surface area contributed by atoms with Crippen molar-refractivity contribution in [2.45, 2.75) is 30.7 Å². The van der Waals surface area contributed by atoms with Gasteiger partial charge in [-0.15, -0.1) is 0 Å². The molecule has 1 amide bonds. The highest BCUT2D eigenvalue weighted by molar-refractivity contribution is 7.78. The van der Waals surface area contributed by atoms with Crippen LogP contribution in [0.4, 0.5) is 0 Å². The van der Waals surface area contributed by atoms with Crippen molar-refractivity contribution in [2.24, 2.45) is 5.92 Å². The summed E-state index contributed by atoms with van der Waals surface area (Å²) >= 11 is 12.5. The quantitative estimate of drug-likeness (QED) is 0.383. The Kier molecular flexibility index (Phi) is 5.73. The molecule has 5 rings (SSSR count). The van der Waals surface area contributed by atoms with E-state index in [1.165, 1.54) is 28.5 Å². The van der Waals surface area contributed by atoms with Gasteiger partial charge in [0.25, 0.3) is 0 Å². The van der Waals surface area contributed by atoms with Crippen molar-refractivity contribution < 1.29 is 14.3 Å². The lowest BCUT2D eigenvalue weighted by molar-refractivity contribution is -0.142. The van der Waals surface area contributed by atoms with Crippen LogP contribution >= 0.6 is 35.8 Å². The van der Waals surface area contributed by atoms with Crippen molar-refractivity contribution in [1.29, 1.82) is 0 Å². The summed E-state index contributed by atoms with van der Waals surface area (Å²) in [6.07, 6.45) is 2.39. The van der Waals surface area contributed by atoms with Gasteiger partial charge in [-0.05, 0) is 58.8 Å². The number of benzene rings is 1. The zero-order chi connectivity index (χ0) is 22.3. The number of aromatic nitrogens is 1. The molecule has 2 aliphatic rings. The van der Waals surface area contributed by atoms with Crippen LogP contribution in [-0.2, 0) is 15.1 Å². The number of carbonyl (C=O) groups excluding carboxylic acids is 2. The zero-order valence-electron chi connectivity index (χ0n) is 17.1. The van der Waals surface area contributed by atoms with Crippen LogP contribution in [0.3, 0.4) is 0 Å². The monoisotopic (exact) mass is 484 g/mol. The minimum Gasteiger partial charge on any atom is -0.477 e. The van der Waals surface area contributed by atoms with Crippen molar-refractivity contribution in [2.75, 3.05) is 6.61 Å². The number of halogens is 1. The average molecular weight is 485 g/mol. The number of pyridine rings is 1. The second-order valence-electron chi connectivity index (χ2n) is 8.24. The number of thiophene rings is 1. The Morgan fingerprint density at radius 1 is 1.16 bits per heavy atom. The number of hydrogen-bond acceptors (Lipinski definition) is 6. The van der Waals surface area contributed by atoms with Crippen molar-refractivity contribution >= 4 is 47.4 Å². The Balaban J connectivity index is 1.57. The number of hydrogen-bond donors (Lipinski definition) is 1. The number of rotatable bonds is 6. The van der Waals surface area contributed by atoms with Gasteiger partial charge in [0.15, 0.2) is 5.78 Å². The normalized spacial score (nSPS) is 23.4. The fourth-order valence-electron chi connectivity index (χ4n) is 4.18. The molecule has 1 aromatic carbocycles. The van der Waals surface area contributed by atoms with E-state index >= 15 is 0 Å². The van der Waals surface area contributed by atoms with E-state index in [0.29, 0.717) is 34.7 Å². The number of ether oxygens (including phenoxy) is 1. The van der Waals surface area contributed by atoms with Crippen LogP contribution in [-0.4, -0.2) is 27.6 Å². The van der Waals surface area contributed by atoms with Crippen LogP contribution in [0.5, 0.6) is 5.88 Å². The first-order valence-corrected chi connectivity index (χ1v) is 12.2. The molecule has 1 aliphatic carbocycles. The highest BCUT2D eigenvalue weighted by Gasteiger charge is 2.53. The van der Waals surface area contributed by atoms with E-state index in [2.05, 4.69) is 12.8 Å². The van der Waals surface area contributed by atoms with E-state index in [1.54, 1.807) is 30.3 Å². The standard InChI is InChI=1S/C24H21ClN2O3S2/c25-18-5-2-1-4-17(18)22-19(28)12-24(27(31)23(22)29,16-10-11-32-14-16)20-6-3-7-21(26-20)30-13-15-8-9-15/h1-7,10-11,14-15,22,31H,8-9,12-13H2. The van der Waals surface area contributed by atoms with Gasteiger partial charge in [-0.25, -0.2) is 4.98 Å². The summed E-state index contributed by atoms with van der Waals surface area (Å²) in [5.74, 6) is -0.566. The second-order valence-corrected chi connectivity index (χ2v) is 9.82. The lowest BCUT2D eigenvalue weighted by atomic mass is 9.75. The summed E-state index contributed by atoms with van der Waals surface area (Å²) in [6, 6.07) is 14.3. The van der Waals surface area contributed by atoms with Crippen LogP contribution < -0.4 is 4.74 Å². The van der Waals surface area contributed by atoms with Crippen molar-refractivity contribution in [1.82, 2.24) is 9.29 Å². The van der Waals surface area contributed by atoms with E-state index in [4.69, 9.17) is 21.3 Å². The average Bonchev–Trinajstić information content (AvgIpc) is 3.47. The van der Waals surface area contributed by atoms with Gasteiger partial charge >= 0.3 is 0 Å². The number of amides is 1. The van der Waals surface area contributed by atoms with Gasteiger partial charge in [0.05, 0.1) is 12.3 Å². The van der Waals surface area contributed by atoms with Gasteiger partial charge in [0, 0.05) is 17.5 Å².